The van der Waals surface area contributed by atoms with Crippen molar-refractivity contribution in [3.05, 3.63) is 59.5 Å². The largest absolute Gasteiger partial charge is 0.463 e. The lowest BCUT2D eigenvalue weighted by Crippen LogP contribution is -2.49. The van der Waals surface area contributed by atoms with Gasteiger partial charge < -0.3 is 14.2 Å². The Hall–Kier alpha value is -3.02. The van der Waals surface area contributed by atoms with Gasteiger partial charge in [0.1, 0.15) is 5.69 Å². The number of aromatic amines is 1. The van der Waals surface area contributed by atoms with E-state index in [4.69, 9.17) is 4.42 Å². The van der Waals surface area contributed by atoms with Gasteiger partial charge >= 0.3 is 0 Å². The molecule has 1 N–H and O–H groups in total. The molecule has 6 nitrogen and oxygen atoms in total. The molecule has 0 saturated carbocycles. The summed E-state index contributed by atoms with van der Waals surface area (Å²) in [4.78, 5) is 16.9. The molecule has 0 atom stereocenters. The van der Waals surface area contributed by atoms with Gasteiger partial charge in [-0.2, -0.15) is 5.10 Å². The summed E-state index contributed by atoms with van der Waals surface area (Å²) in [6.45, 7) is 7.27. The Labute approximate surface area is 152 Å². The van der Waals surface area contributed by atoms with Crippen molar-refractivity contribution < 1.29 is 9.21 Å². The van der Waals surface area contributed by atoms with Gasteiger partial charge in [-0.25, -0.2) is 0 Å². The third kappa shape index (κ3) is 3.10. The maximum Gasteiger partial charge on any atom is 0.274 e. The van der Waals surface area contributed by atoms with E-state index in [1.807, 2.05) is 17.0 Å². The van der Waals surface area contributed by atoms with E-state index in [9.17, 15) is 4.79 Å². The first kappa shape index (κ1) is 16.4. The Morgan fingerprint density at radius 3 is 2.62 bits per heavy atom. The SMILES string of the molecule is Cc1ccc(N2CCN(C(=O)c3cc(-c4ccco4)[nH]n3)CC2)c(C)c1. The zero-order valence-electron chi connectivity index (χ0n) is 15.0. The van der Waals surface area contributed by atoms with Crippen LogP contribution in [0.2, 0.25) is 0 Å². The first-order valence-corrected chi connectivity index (χ1v) is 8.82. The van der Waals surface area contributed by atoms with Crippen LogP contribution in [-0.4, -0.2) is 47.2 Å². The smallest absolute Gasteiger partial charge is 0.274 e. The van der Waals surface area contributed by atoms with Gasteiger partial charge in [0, 0.05) is 37.9 Å². The molecule has 0 spiro atoms. The normalized spacial score (nSPS) is 14.7. The number of hydrogen-bond acceptors (Lipinski definition) is 4. The van der Waals surface area contributed by atoms with Crippen LogP contribution >= 0.6 is 0 Å². The third-order valence-corrected chi connectivity index (χ3v) is 4.84. The topological polar surface area (TPSA) is 65.4 Å². The van der Waals surface area contributed by atoms with Gasteiger partial charge in [-0.3, -0.25) is 9.89 Å². The number of benzene rings is 1. The summed E-state index contributed by atoms with van der Waals surface area (Å²) in [7, 11) is 0. The zero-order valence-corrected chi connectivity index (χ0v) is 15.0. The zero-order chi connectivity index (χ0) is 18.1. The fourth-order valence-electron chi connectivity index (χ4n) is 3.46. The summed E-state index contributed by atoms with van der Waals surface area (Å²) in [6.07, 6.45) is 1.60. The molecule has 2 aromatic heterocycles. The van der Waals surface area contributed by atoms with Crippen LogP contribution in [0.25, 0.3) is 11.5 Å². The molecule has 0 bridgehead atoms. The number of nitrogens with one attached hydrogen (secondary N) is 1. The molecule has 26 heavy (non-hydrogen) atoms. The third-order valence-electron chi connectivity index (χ3n) is 4.84. The maximum absolute atomic E-state index is 12.7. The monoisotopic (exact) mass is 350 g/mol. The molecule has 3 heterocycles. The molecule has 1 fully saturated rings. The minimum Gasteiger partial charge on any atom is -0.463 e. The minimum absolute atomic E-state index is 0.0423. The lowest BCUT2D eigenvalue weighted by molar-refractivity contribution is 0.0741. The summed E-state index contributed by atoms with van der Waals surface area (Å²) in [5, 5.41) is 7.03. The van der Waals surface area contributed by atoms with Crippen molar-refractivity contribution in [2.75, 3.05) is 31.1 Å². The highest BCUT2D eigenvalue weighted by Gasteiger charge is 2.25. The summed E-state index contributed by atoms with van der Waals surface area (Å²) in [5.74, 6) is 0.635. The van der Waals surface area contributed by atoms with Gasteiger partial charge in [0.25, 0.3) is 5.91 Å². The molecule has 0 radical (unpaired) electrons. The van der Waals surface area contributed by atoms with Crippen molar-refractivity contribution in [1.82, 2.24) is 15.1 Å². The predicted octanol–water partition coefficient (Wildman–Crippen LogP) is 3.25. The van der Waals surface area contributed by atoms with Gasteiger partial charge in [-0.05, 0) is 37.6 Å². The van der Waals surface area contributed by atoms with Crippen molar-refractivity contribution in [2.45, 2.75) is 13.8 Å². The van der Waals surface area contributed by atoms with Crippen LogP contribution in [0.15, 0.2) is 47.1 Å². The number of H-pyrrole nitrogens is 1. The van der Waals surface area contributed by atoms with E-state index >= 15 is 0 Å². The van der Waals surface area contributed by atoms with Crippen LogP contribution in [0.1, 0.15) is 21.6 Å². The molecule has 134 valence electrons. The summed E-state index contributed by atoms with van der Waals surface area (Å²) >= 11 is 0. The number of piperazine rings is 1. The average Bonchev–Trinajstić information content (AvgIpc) is 3.33. The lowest BCUT2D eigenvalue weighted by Gasteiger charge is -2.36. The molecule has 1 saturated heterocycles. The number of carbonyl (C=O) groups excluding carboxylic acids is 1. The molecule has 1 aliphatic heterocycles. The van der Waals surface area contributed by atoms with E-state index in [-0.39, 0.29) is 5.91 Å². The Morgan fingerprint density at radius 1 is 1.12 bits per heavy atom. The van der Waals surface area contributed by atoms with Crippen molar-refractivity contribution in [1.29, 1.82) is 0 Å². The number of hydrogen-bond donors (Lipinski definition) is 1. The summed E-state index contributed by atoms with van der Waals surface area (Å²) < 4.78 is 5.34. The Bertz CT molecular complexity index is 906. The van der Waals surface area contributed by atoms with E-state index in [0.29, 0.717) is 30.2 Å². The first-order valence-electron chi connectivity index (χ1n) is 8.82. The quantitative estimate of drug-likeness (QED) is 0.787. The number of rotatable bonds is 3. The minimum atomic E-state index is -0.0423. The van der Waals surface area contributed by atoms with Crippen LogP contribution in [0.5, 0.6) is 0 Å². The van der Waals surface area contributed by atoms with Crippen LogP contribution in [0, 0.1) is 13.8 Å². The maximum atomic E-state index is 12.7. The number of nitrogens with zero attached hydrogens (tertiary/aromatic N) is 3. The fraction of sp³-hybridized carbons (Fsp3) is 0.300. The van der Waals surface area contributed by atoms with Crippen molar-refractivity contribution in [3.8, 4) is 11.5 Å². The Morgan fingerprint density at radius 2 is 1.92 bits per heavy atom. The standard InChI is InChI=1S/C20H22N4O2/c1-14-5-6-18(15(2)12-14)23-7-9-24(10-8-23)20(25)17-13-16(21-22-17)19-4-3-11-26-19/h3-6,11-13H,7-10H2,1-2H3,(H,21,22). The predicted molar refractivity (Wildman–Crippen MR) is 100 cm³/mol. The number of carbonyl (C=O) groups is 1. The second kappa shape index (κ2) is 6.71. The number of amides is 1. The van der Waals surface area contributed by atoms with Crippen molar-refractivity contribution >= 4 is 11.6 Å². The van der Waals surface area contributed by atoms with E-state index in [2.05, 4.69) is 47.1 Å². The number of aromatic nitrogens is 2. The molecule has 1 aromatic carbocycles. The van der Waals surface area contributed by atoms with E-state index in [1.165, 1.54) is 16.8 Å². The van der Waals surface area contributed by atoms with Gasteiger partial charge in [0.15, 0.2) is 11.5 Å². The van der Waals surface area contributed by atoms with Gasteiger partial charge in [-0.15, -0.1) is 0 Å². The molecule has 0 aliphatic carbocycles. The van der Waals surface area contributed by atoms with Crippen molar-refractivity contribution in [2.24, 2.45) is 0 Å². The molecule has 1 aliphatic rings. The van der Waals surface area contributed by atoms with Crippen LogP contribution in [0.3, 0.4) is 0 Å². The van der Waals surface area contributed by atoms with Crippen LogP contribution in [-0.2, 0) is 0 Å². The Kier molecular flexibility index (Phi) is 4.24. The summed E-state index contributed by atoms with van der Waals surface area (Å²) in [5.41, 5.74) is 4.94. The number of anilines is 1. The van der Waals surface area contributed by atoms with E-state index < -0.39 is 0 Å². The second-order valence-corrected chi connectivity index (χ2v) is 6.71. The lowest BCUT2D eigenvalue weighted by atomic mass is 10.1. The highest BCUT2D eigenvalue weighted by Crippen LogP contribution is 2.23. The Balaban J connectivity index is 1.42. The molecule has 0 unspecified atom stereocenters. The second-order valence-electron chi connectivity index (χ2n) is 6.71. The molecule has 3 aromatic rings. The number of furan rings is 1. The van der Waals surface area contributed by atoms with Gasteiger partial charge in [0.05, 0.1) is 6.26 Å². The fourth-order valence-corrected chi connectivity index (χ4v) is 3.46. The molecular weight excluding hydrogens is 328 g/mol. The molecule has 4 rings (SSSR count). The highest BCUT2D eigenvalue weighted by atomic mass is 16.3. The molecule has 1 amide bonds. The van der Waals surface area contributed by atoms with Gasteiger partial charge in [-0.1, -0.05) is 17.7 Å². The van der Waals surface area contributed by atoms with Crippen LogP contribution < -0.4 is 4.90 Å². The summed E-state index contributed by atoms with van der Waals surface area (Å²) in [6, 6.07) is 11.9. The average molecular weight is 350 g/mol. The first-order chi connectivity index (χ1) is 12.6. The van der Waals surface area contributed by atoms with Crippen LogP contribution in [0.4, 0.5) is 5.69 Å². The van der Waals surface area contributed by atoms with Gasteiger partial charge in [0.2, 0.25) is 0 Å². The molecular formula is C20H22N4O2. The van der Waals surface area contributed by atoms with Crippen molar-refractivity contribution in [3.63, 3.8) is 0 Å². The number of aryl methyl sites for hydroxylation is 2. The molecule has 6 heteroatoms. The highest BCUT2D eigenvalue weighted by molar-refractivity contribution is 5.93. The van der Waals surface area contributed by atoms with E-state index in [1.54, 1.807) is 12.3 Å². The van der Waals surface area contributed by atoms with E-state index in [0.717, 1.165) is 13.1 Å².